The standard InChI is InChI=1S/C11H15NO3.ClH/c1-2-9(13)10(12)7-3-5-8(6-4-7)11(14)15;/h3-6,9-10,13H,2,12H2,1H3,(H,14,15);1H/t9-,10+;/m1./s1. The van der Waals surface area contributed by atoms with Crippen molar-refractivity contribution in [3.05, 3.63) is 35.4 Å². The van der Waals surface area contributed by atoms with Crippen LogP contribution in [0.25, 0.3) is 0 Å². The van der Waals surface area contributed by atoms with Crippen molar-refractivity contribution < 1.29 is 15.0 Å². The zero-order valence-corrected chi connectivity index (χ0v) is 9.78. The average Bonchev–Trinajstić information content (AvgIpc) is 2.27. The van der Waals surface area contributed by atoms with Gasteiger partial charge in [0, 0.05) is 0 Å². The molecule has 0 amide bonds. The first kappa shape index (κ1) is 14.9. The molecule has 16 heavy (non-hydrogen) atoms. The van der Waals surface area contributed by atoms with Gasteiger partial charge in [-0.1, -0.05) is 19.1 Å². The number of benzene rings is 1. The fourth-order valence-electron chi connectivity index (χ4n) is 1.32. The summed E-state index contributed by atoms with van der Waals surface area (Å²) in [6, 6.07) is 5.78. The molecule has 1 aromatic carbocycles. The molecule has 0 aliphatic carbocycles. The molecule has 4 N–H and O–H groups in total. The van der Waals surface area contributed by atoms with Crippen LogP contribution in [-0.2, 0) is 0 Å². The first-order valence-corrected chi connectivity index (χ1v) is 4.83. The summed E-state index contributed by atoms with van der Waals surface area (Å²) >= 11 is 0. The highest BCUT2D eigenvalue weighted by Gasteiger charge is 2.14. The lowest BCUT2D eigenvalue weighted by atomic mass is 9.99. The number of carboxylic acids is 1. The molecule has 90 valence electrons. The Balaban J connectivity index is 0.00000225. The third-order valence-corrected chi connectivity index (χ3v) is 2.38. The van der Waals surface area contributed by atoms with Gasteiger partial charge in [0.2, 0.25) is 0 Å². The van der Waals surface area contributed by atoms with Crippen LogP contribution in [0.15, 0.2) is 24.3 Å². The predicted molar refractivity (Wildman–Crippen MR) is 63.9 cm³/mol. The summed E-state index contributed by atoms with van der Waals surface area (Å²) in [5.41, 5.74) is 6.74. The molecule has 1 rings (SSSR count). The fourth-order valence-corrected chi connectivity index (χ4v) is 1.32. The van der Waals surface area contributed by atoms with Crippen LogP contribution < -0.4 is 5.73 Å². The highest BCUT2D eigenvalue weighted by atomic mass is 35.5. The smallest absolute Gasteiger partial charge is 0.335 e. The van der Waals surface area contributed by atoms with Crippen molar-refractivity contribution in [2.24, 2.45) is 5.73 Å². The van der Waals surface area contributed by atoms with E-state index in [1.165, 1.54) is 12.1 Å². The highest BCUT2D eigenvalue weighted by Crippen LogP contribution is 2.16. The maximum Gasteiger partial charge on any atom is 0.335 e. The van der Waals surface area contributed by atoms with Crippen molar-refractivity contribution in [1.29, 1.82) is 0 Å². The fraction of sp³-hybridized carbons (Fsp3) is 0.364. The van der Waals surface area contributed by atoms with Gasteiger partial charge in [0.25, 0.3) is 0 Å². The summed E-state index contributed by atoms with van der Waals surface area (Å²) in [5, 5.41) is 18.2. The molecule has 2 atom stereocenters. The Morgan fingerprint density at radius 2 is 1.88 bits per heavy atom. The topological polar surface area (TPSA) is 83.5 Å². The molecule has 0 saturated heterocycles. The van der Waals surface area contributed by atoms with E-state index in [2.05, 4.69) is 0 Å². The highest BCUT2D eigenvalue weighted by molar-refractivity contribution is 5.87. The monoisotopic (exact) mass is 245 g/mol. The number of nitrogens with two attached hydrogens (primary N) is 1. The van der Waals surface area contributed by atoms with Gasteiger partial charge >= 0.3 is 5.97 Å². The van der Waals surface area contributed by atoms with Crippen LogP contribution in [0.2, 0.25) is 0 Å². The van der Waals surface area contributed by atoms with Crippen LogP contribution in [0.5, 0.6) is 0 Å². The summed E-state index contributed by atoms with van der Waals surface area (Å²) < 4.78 is 0. The lowest BCUT2D eigenvalue weighted by Crippen LogP contribution is -2.25. The summed E-state index contributed by atoms with van der Waals surface area (Å²) in [6.07, 6.45) is -0.0253. The van der Waals surface area contributed by atoms with Crippen molar-refractivity contribution in [3.8, 4) is 0 Å². The third kappa shape index (κ3) is 3.48. The molecule has 0 aliphatic rings. The molecule has 0 spiro atoms. The summed E-state index contributed by atoms with van der Waals surface area (Å²) in [6.45, 7) is 1.84. The van der Waals surface area contributed by atoms with Gasteiger partial charge in [-0.3, -0.25) is 0 Å². The van der Waals surface area contributed by atoms with Crippen molar-refractivity contribution >= 4 is 18.4 Å². The van der Waals surface area contributed by atoms with Crippen molar-refractivity contribution in [3.63, 3.8) is 0 Å². The van der Waals surface area contributed by atoms with Gasteiger partial charge in [0.05, 0.1) is 17.7 Å². The number of halogens is 1. The van der Waals surface area contributed by atoms with E-state index >= 15 is 0 Å². The number of rotatable bonds is 4. The Morgan fingerprint density at radius 1 is 1.38 bits per heavy atom. The van der Waals surface area contributed by atoms with Crippen LogP contribution in [0.1, 0.15) is 35.3 Å². The third-order valence-electron chi connectivity index (χ3n) is 2.38. The van der Waals surface area contributed by atoms with Crippen LogP contribution >= 0.6 is 12.4 Å². The molecule has 0 saturated carbocycles. The number of aliphatic hydroxyl groups is 1. The van der Waals surface area contributed by atoms with Gasteiger partial charge in [0.15, 0.2) is 0 Å². The van der Waals surface area contributed by atoms with Crippen molar-refractivity contribution in [2.45, 2.75) is 25.5 Å². The van der Waals surface area contributed by atoms with Gasteiger partial charge in [-0.15, -0.1) is 12.4 Å². The predicted octanol–water partition coefficient (Wildman–Crippen LogP) is 1.58. The number of aliphatic hydroxyl groups excluding tert-OH is 1. The normalized spacial score (nSPS) is 13.7. The number of hydrogen-bond donors (Lipinski definition) is 3. The van der Waals surface area contributed by atoms with E-state index in [1.54, 1.807) is 12.1 Å². The summed E-state index contributed by atoms with van der Waals surface area (Å²) in [5.74, 6) is -0.967. The summed E-state index contributed by atoms with van der Waals surface area (Å²) in [7, 11) is 0. The van der Waals surface area contributed by atoms with Crippen LogP contribution in [0.4, 0.5) is 0 Å². The second-order valence-corrected chi connectivity index (χ2v) is 3.43. The van der Waals surface area contributed by atoms with E-state index in [4.69, 9.17) is 10.8 Å². The maximum absolute atomic E-state index is 10.6. The zero-order valence-electron chi connectivity index (χ0n) is 8.96. The molecule has 0 fully saturated rings. The molecule has 4 nitrogen and oxygen atoms in total. The van der Waals surface area contributed by atoms with E-state index in [1.807, 2.05) is 6.92 Å². The molecule has 0 bridgehead atoms. The quantitative estimate of drug-likeness (QED) is 0.752. The minimum atomic E-state index is -0.967. The average molecular weight is 246 g/mol. The Morgan fingerprint density at radius 3 is 2.25 bits per heavy atom. The van der Waals surface area contributed by atoms with Gasteiger partial charge in [-0.2, -0.15) is 0 Å². The van der Waals surface area contributed by atoms with Crippen molar-refractivity contribution in [2.75, 3.05) is 0 Å². The SMILES string of the molecule is CC[C@@H](O)[C@@H](N)c1ccc(C(=O)O)cc1.Cl. The Bertz CT molecular complexity index is 340. The van der Waals surface area contributed by atoms with Gasteiger partial charge in [-0.25, -0.2) is 4.79 Å². The number of hydrogen-bond acceptors (Lipinski definition) is 3. The molecule has 1 aromatic rings. The number of carbonyl (C=O) groups is 1. The second-order valence-electron chi connectivity index (χ2n) is 3.43. The first-order valence-electron chi connectivity index (χ1n) is 4.83. The molecule has 0 aromatic heterocycles. The number of aromatic carboxylic acids is 1. The van der Waals surface area contributed by atoms with E-state index in [-0.39, 0.29) is 18.0 Å². The molecular formula is C11H16ClNO3. The van der Waals surface area contributed by atoms with E-state index in [0.29, 0.717) is 6.42 Å². The Kier molecular flexibility index (Phi) is 6.03. The minimum absolute atomic E-state index is 0. The van der Waals surface area contributed by atoms with E-state index in [0.717, 1.165) is 5.56 Å². The Labute approximate surface area is 100 Å². The zero-order chi connectivity index (χ0) is 11.4. The first-order chi connectivity index (χ1) is 7.06. The van der Waals surface area contributed by atoms with E-state index in [9.17, 15) is 9.90 Å². The lowest BCUT2D eigenvalue weighted by Gasteiger charge is -2.17. The molecule has 0 unspecified atom stereocenters. The lowest BCUT2D eigenvalue weighted by molar-refractivity contribution is 0.0697. The van der Waals surface area contributed by atoms with Crippen LogP contribution in [-0.4, -0.2) is 22.3 Å². The van der Waals surface area contributed by atoms with Gasteiger partial charge in [-0.05, 0) is 24.1 Å². The largest absolute Gasteiger partial charge is 0.478 e. The van der Waals surface area contributed by atoms with Gasteiger partial charge < -0.3 is 15.9 Å². The Hall–Kier alpha value is -1.10. The number of carboxylic acid groups (broad SMARTS) is 1. The van der Waals surface area contributed by atoms with Crippen LogP contribution in [0, 0.1) is 0 Å². The molecular weight excluding hydrogens is 230 g/mol. The van der Waals surface area contributed by atoms with E-state index < -0.39 is 18.1 Å². The minimum Gasteiger partial charge on any atom is -0.478 e. The summed E-state index contributed by atoms with van der Waals surface area (Å²) in [4.78, 5) is 10.6. The maximum atomic E-state index is 10.6. The molecule has 0 aliphatic heterocycles. The second kappa shape index (κ2) is 6.48. The van der Waals surface area contributed by atoms with Crippen molar-refractivity contribution in [1.82, 2.24) is 0 Å². The molecule has 0 radical (unpaired) electrons. The van der Waals surface area contributed by atoms with Crippen LogP contribution in [0.3, 0.4) is 0 Å². The molecule has 0 heterocycles. The van der Waals surface area contributed by atoms with Gasteiger partial charge in [0.1, 0.15) is 0 Å². The molecule has 5 heteroatoms.